The number of anilines is 3. The molecule has 31 heavy (non-hydrogen) atoms. The Bertz CT molecular complexity index is 1160. The molecule has 160 valence electrons. The summed E-state index contributed by atoms with van der Waals surface area (Å²) in [5, 5.41) is 7.35. The van der Waals surface area contributed by atoms with Crippen molar-refractivity contribution in [2.45, 2.75) is 31.3 Å². The third-order valence-corrected chi connectivity index (χ3v) is 6.68. The molecule has 4 heterocycles. The van der Waals surface area contributed by atoms with Gasteiger partial charge in [0.05, 0.1) is 24.0 Å². The van der Waals surface area contributed by atoms with E-state index in [1.807, 2.05) is 6.07 Å². The summed E-state index contributed by atoms with van der Waals surface area (Å²) in [5.41, 5.74) is 0.936. The Morgan fingerprint density at radius 1 is 1.26 bits per heavy atom. The van der Waals surface area contributed by atoms with Crippen LogP contribution in [-0.2, 0) is 0 Å². The number of nitrogens with zero attached hydrogens (tertiary/aromatic N) is 4. The van der Waals surface area contributed by atoms with E-state index in [4.69, 9.17) is 16.3 Å². The van der Waals surface area contributed by atoms with Gasteiger partial charge in [0.1, 0.15) is 28.7 Å². The summed E-state index contributed by atoms with van der Waals surface area (Å²) in [4.78, 5) is 15.6. The molecule has 0 amide bonds. The SMILES string of the molecule is Fc1c(Nc2ncnc3cnc(N4C[C@@H]5C[C@H]4CN5)cc23)ccc(OCC2CC2)c1Cl. The molecule has 2 atom stereocenters. The minimum atomic E-state index is -0.557. The van der Waals surface area contributed by atoms with Crippen LogP contribution in [0.2, 0.25) is 5.02 Å². The van der Waals surface area contributed by atoms with E-state index in [0.29, 0.717) is 41.7 Å². The van der Waals surface area contributed by atoms with Gasteiger partial charge in [-0.2, -0.15) is 0 Å². The first-order valence-corrected chi connectivity index (χ1v) is 11.0. The van der Waals surface area contributed by atoms with Crippen molar-refractivity contribution < 1.29 is 9.13 Å². The number of hydrogen-bond acceptors (Lipinski definition) is 7. The predicted molar refractivity (Wildman–Crippen MR) is 118 cm³/mol. The number of pyridine rings is 1. The van der Waals surface area contributed by atoms with Crippen LogP contribution >= 0.6 is 11.6 Å². The first-order chi connectivity index (χ1) is 15.2. The van der Waals surface area contributed by atoms with E-state index in [2.05, 4.69) is 30.5 Å². The summed E-state index contributed by atoms with van der Waals surface area (Å²) in [7, 11) is 0. The predicted octanol–water partition coefficient (Wildman–Crippen LogP) is 3.90. The molecule has 1 aliphatic carbocycles. The van der Waals surface area contributed by atoms with Gasteiger partial charge in [-0.3, -0.25) is 0 Å². The minimum Gasteiger partial charge on any atom is -0.492 e. The Balaban J connectivity index is 1.30. The summed E-state index contributed by atoms with van der Waals surface area (Å²) < 4.78 is 20.6. The van der Waals surface area contributed by atoms with Crippen LogP contribution in [-0.4, -0.2) is 46.7 Å². The molecule has 0 radical (unpaired) electrons. The van der Waals surface area contributed by atoms with Gasteiger partial charge in [0.2, 0.25) is 0 Å². The van der Waals surface area contributed by atoms with Gasteiger partial charge >= 0.3 is 0 Å². The zero-order valence-electron chi connectivity index (χ0n) is 16.8. The van der Waals surface area contributed by atoms with E-state index in [0.717, 1.165) is 43.6 Å². The third kappa shape index (κ3) is 3.53. The Labute approximate surface area is 184 Å². The molecule has 1 aromatic carbocycles. The Hall–Kier alpha value is -2.71. The van der Waals surface area contributed by atoms with Crippen molar-refractivity contribution in [3.8, 4) is 5.75 Å². The molecule has 1 saturated carbocycles. The molecule has 3 aromatic rings. The van der Waals surface area contributed by atoms with Crippen LogP contribution < -0.4 is 20.3 Å². The van der Waals surface area contributed by atoms with E-state index in [9.17, 15) is 4.39 Å². The van der Waals surface area contributed by atoms with Crippen molar-refractivity contribution in [3.05, 3.63) is 41.6 Å². The molecule has 2 aromatic heterocycles. The maximum absolute atomic E-state index is 15.0. The van der Waals surface area contributed by atoms with Crippen molar-refractivity contribution in [1.82, 2.24) is 20.3 Å². The lowest BCUT2D eigenvalue weighted by Gasteiger charge is -2.28. The molecule has 0 unspecified atom stereocenters. The largest absolute Gasteiger partial charge is 0.492 e. The summed E-state index contributed by atoms with van der Waals surface area (Å²) in [6, 6.07) is 6.27. The highest BCUT2D eigenvalue weighted by atomic mass is 35.5. The maximum atomic E-state index is 15.0. The van der Waals surface area contributed by atoms with E-state index >= 15 is 0 Å². The lowest BCUT2D eigenvalue weighted by Crippen LogP contribution is -2.43. The number of fused-ring (bicyclic) bond motifs is 3. The van der Waals surface area contributed by atoms with Gasteiger partial charge in [0.25, 0.3) is 0 Å². The lowest BCUT2D eigenvalue weighted by atomic mass is 10.2. The van der Waals surface area contributed by atoms with Crippen LogP contribution in [0.25, 0.3) is 10.9 Å². The molecule has 2 aliphatic heterocycles. The molecule has 3 aliphatic rings. The number of aromatic nitrogens is 3. The quantitative estimate of drug-likeness (QED) is 0.602. The van der Waals surface area contributed by atoms with Crippen LogP contribution in [0.15, 0.2) is 30.7 Å². The molecule has 0 spiro atoms. The zero-order valence-corrected chi connectivity index (χ0v) is 17.6. The second-order valence-corrected chi connectivity index (χ2v) is 8.93. The van der Waals surface area contributed by atoms with Gasteiger partial charge < -0.3 is 20.3 Å². The molecule has 3 fully saturated rings. The first kappa shape index (κ1) is 19.0. The smallest absolute Gasteiger partial charge is 0.169 e. The summed E-state index contributed by atoms with van der Waals surface area (Å²) in [6.07, 6.45) is 6.64. The molecular weight excluding hydrogens is 419 g/mol. The number of benzene rings is 1. The Kier molecular flexibility index (Phi) is 4.57. The molecule has 2 bridgehead atoms. The van der Waals surface area contributed by atoms with Crippen molar-refractivity contribution in [2.75, 3.05) is 29.9 Å². The number of hydrogen-bond donors (Lipinski definition) is 2. The van der Waals surface area contributed by atoms with Crippen LogP contribution in [0.3, 0.4) is 0 Å². The van der Waals surface area contributed by atoms with Gasteiger partial charge in [0.15, 0.2) is 5.82 Å². The highest BCUT2D eigenvalue weighted by Gasteiger charge is 2.38. The number of nitrogens with one attached hydrogen (secondary N) is 2. The van der Waals surface area contributed by atoms with Gasteiger partial charge in [-0.25, -0.2) is 19.3 Å². The van der Waals surface area contributed by atoms with Gasteiger partial charge in [0, 0.05) is 30.6 Å². The van der Waals surface area contributed by atoms with Crippen LogP contribution in [0.4, 0.5) is 21.7 Å². The minimum absolute atomic E-state index is 0.0213. The lowest BCUT2D eigenvalue weighted by molar-refractivity contribution is 0.298. The van der Waals surface area contributed by atoms with Crippen molar-refractivity contribution in [2.24, 2.45) is 5.92 Å². The molecular formula is C22H22ClFN6O. The normalized spacial score (nSPS) is 22.3. The van der Waals surface area contributed by atoms with Crippen molar-refractivity contribution in [1.29, 1.82) is 0 Å². The van der Waals surface area contributed by atoms with Crippen LogP contribution in [0.1, 0.15) is 19.3 Å². The molecule has 6 rings (SSSR count). The summed E-state index contributed by atoms with van der Waals surface area (Å²) >= 11 is 6.24. The van der Waals surface area contributed by atoms with Gasteiger partial charge in [-0.1, -0.05) is 11.6 Å². The first-order valence-electron chi connectivity index (χ1n) is 10.6. The molecule has 7 nitrogen and oxygen atoms in total. The third-order valence-electron chi connectivity index (χ3n) is 6.33. The number of piperazine rings is 1. The highest BCUT2D eigenvalue weighted by molar-refractivity contribution is 6.32. The Morgan fingerprint density at radius 2 is 2.16 bits per heavy atom. The second kappa shape index (κ2) is 7.46. The topological polar surface area (TPSA) is 75.2 Å². The van der Waals surface area contributed by atoms with Crippen LogP contribution in [0, 0.1) is 11.7 Å². The van der Waals surface area contributed by atoms with Crippen LogP contribution in [0.5, 0.6) is 5.75 Å². The van der Waals surface area contributed by atoms with Crippen molar-refractivity contribution in [3.63, 3.8) is 0 Å². The number of halogens is 2. The fourth-order valence-electron chi connectivity index (χ4n) is 4.41. The summed E-state index contributed by atoms with van der Waals surface area (Å²) in [6.45, 7) is 2.48. The van der Waals surface area contributed by atoms with E-state index < -0.39 is 5.82 Å². The number of rotatable bonds is 6. The van der Waals surface area contributed by atoms with E-state index in [1.54, 1.807) is 18.3 Å². The monoisotopic (exact) mass is 440 g/mol. The van der Waals surface area contributed by atoms with Gasteiger partial charge in [-0.15, -0.1) is 0 Å². The fourth-order valence-corrected chi connectivity index (χ4v) is 4.62. The maximum Gasteiger partial charge on any atom is 0.169 e. The summed E-state index contributed by atoms with van der Waals surface area (Å²) in [5.74, 6) is 1.78. The highest BCUT2D eigenvalue weighted by Crippen LogP contribution is 2.37. The Morgan fingerprint density at radius 3 is 2.94 bits per heavy atom. The van der Waals surface area contributed by atoms with Crippen molar-refractivity contribution >= 4 is 39.8 Å². The number of ether oxygens (including phenoxy) is 1. The average Bonchev–Trinajstić information content (AvgIpc) is 3.37. The van der Waals surface area contributed by atoms with E-state index in [1.165, 1.54) is 6.33 Å². The fraction of sp³-hybridized carbons (Fsp3) is 0.409. The van der Waals surface area contributed by atoms with E-state index in [-0.39, 0.29) is 10.7 Å². The molecule has 2 saturated heterocycles. The second-order valence-electron chi connectivity index (χ2n) is 8.55. The standard InChI is InChI=1S/C22H22ClFN6O/c23-20-18(31-10-12-1-2-12)4-3-16(21(20)24)29-22-15-6-19(26-8-17(15)27-11-28-22)30-9-13-5-14(30)7-25-13/h3-4,6,8,11-14,25H,1-2,5,7,9-10H2,(H,27,28,29)/t13-,14-/m0/s1. The molecule has 2 N–H and O–H groups in total. The zero-order chi connectivity index (χ0) is 20.9. The molecule has 9 heteroatoms. The van der Waals surface area contributed by atoms with Gasteiger partial charge in [-0.05, 0) is 43.4 Å². The average molecular weight is 441 g/mol.